The summed E-state index contributed by atoms with van der Waals surface area (Å²) < 4.78 is 3.25. The molecule has 0 saturated heterocycles. The zero-order valence-corrected chi connectivity index (χ0v) is 22.7. The minimum atomic E-state index is -0.528. The lowest BCUT2D eigenvalue weighted by Gasteiger charge is -2.19. The van der Waals surface area contributed by atoms with Crippen molar-refractivity contribution in [3.05, 3.63) is 131 Å². The number of carbonyl (C=O) groups excluding carboxylic acids is 2. The second-order valence-electron chi connectivity index (χ2n) is 10.6. The Morgan fingerprint density at radius 2 is 0.977 bits per heavy atom. The molecule has 0 amide bonds. The molecule has 6 aromatic rings. The summed E-state index contributed by atoms with van der Waals surface area (Å²) in [5.74, 6) is -1.84. The fraction of sp³-hybridized carbons (Fsp3) is 0.0571. The Morgan fingerprint density at radius 1 is 0.558 bits per heavy atom. The van der Waals surface area contributed by atoms with Gasteiger partial charge in [0, 0.05) is 21.9 Å². The molecule has 8 heteroatoms. The van der Waals surface area contributed by atoms with Gasteiger partial charge in [-0.3, -0.25) is 9.59 Å². The lowest BCUT2D eigenvalue weighted by Crippen LogP contribution is -2.22. The first-order chi connectivity index (χ1) is 21.0. The molecule has 4 aromatic carbocycles. The van der Waals surface area contributed by atoms with Gasteiger partial charge >= 0.3 is 17.4 Å². The van der Waals surface area contributed by atoms with Crippen LogP contribution in [0.1, 0.15) is 43.2 Å². The number of aromatic nitrogens is 2. The molecule has 204 valence electrons. The Bertz CT molecular complexity index is 2140. The van der Waals surface area contributed by atoms with Crippen LogP contribution in [0.5, 0.6) is 11.5 Å². The maximum absolute atomic E-state index is 13.6. The molecule has 0 atom stereocenters. The van der Waals surface area contributed by atoms with Crippen LogP contribution in [0.3, 0.4) is 0 Å². The van der Waals surface area contributed by atoms with Gasteiger partial charge in [0.05, 0.1) is 22.2 Å². The van der Waals surface area contributed by atoms with Crippen molar-refractivity contribution in [1.82, 2.24) is 9.97 Å². The van der Waals surface area contributed by atoms with Gasteiger partial charge in [-0.25, -0.2) is 9.97 Å². The molecular weight excluding hydrogens is 540 g/mol. The summed E-state index contributed by atoms with van der Waals surface area (Å²) in [6.45, 7) is 0.369. The van der Waals surface area contributed by atoms with E-state index in [0.29, 0.717) is 11.4 Å². The Labute approximate surface area is 244 Å². The van der Waals surface area contributed by atoms with Crippen molar-refractivity contribution in [2.45, 2.75) is 13.1 Å². The number of carbonyl (C=O) groups is 2. The van der Waals surface area contributed by atoms with E-state index in [4.69, 9.17) is 9.97 Å². The van der Waals surface area contributed by atoms with E-state index in [9.17, 15) is 19.8 Å². The average molecular weight is 563 g/mol. The molecule has 0 radical (unpaired) electrons. The summed E-state index contributed by atoms with van der Waals surface area (Å²) in [6.07, 6.45) is 0. The standard InChI is InChI=1S/C35H20N4O4/c40-32-24-9-3-4-10-25(24)33(41)29-28(32)34(42)30-31(35(29)43)39(18-23-16-14-21-8-2-6-12-27(21)37-23)19-38(30)17-22-15-13-20-7-1-5-11-26(20)36-22/h1-16H,17-18H2/p+2. The van der Waals surface area contributed by atoms with E-state index < -0.39 is 23.1 Å². The number of pyridine rings is 2. The number of rotatable bonds is 4. The normalized spacial score (nSPS) is 13.5. The minimum Gasteiger partial charge on any atom is -0.502 e. The van der Waals surface area contributed by atoms with Crippen LogP contribution in [-0.2, 0) is 13.1 Å². The number of hydrogen-bond acceptors (Lipinski definition) is 6. The number of hydrogen-bond donors (Lipinski definition) is 2. The third-order valence-corrected chi connectivity index (χ3v) is 8.00. The van der Waals surface area contributed by atoms with Gasteiger partial charge in [0.15, 0.2) is 11.6 Å². The Kier molecular flexibility index (Phi) is 5.35. The van der Waals surface area contributed by atoms with Crippen LogP contribution >= 0.6 is 0 Å². The molecule has 0 saturated carbocycles. The fourth-order valence-electron chi connectivity index (χ4n) is 5.99. The van der Waals surface area contributed by atoms with E-state index in [0.717, 1.165) is 21.8 Å². The molecule has 2 aliphatic rings. The molecule has 0 bridgehead atoms. The van der Waals surface area contributed by atoms with E-state index >= 15 is 0 Å². The first-order valence-corrected chi connectivity index (χ1v) is 13.8. The Hall–Kier alpha value is -5.98. The summed E-state index contributed by atoms with van der Waals surface area (Å²) in [6, 6.07) is 32.9. The maximum Gasteiger partial charge on any atom is 0.490 e. The molecule has 2 aromatic heterocycles. The predicted octanol–water partition coefficient (Wildman–Crippen LogP) is 5.85. The Balaban J connectivity index is 1.32. The highest BCUT2D eigenvalue weighted by atomic mass is 16.3. The number of phenolic OH excluding ortho intramolecular Hbond substituents is 2. The largest absolute Gasteiger partial charge is 0.502 e. The third kappa shape index (κ3) is 3.78. The number of benzene rings is 4. The molecule has 2 N–H and O–H groups in total. The van der Waals surface area contributed by atoms with Crippen LogP contribution in [0.25, 0.3) is 21.8 Å². The van der Waals surface area contributed by atoms with E-state index in [1.54, 1.807) is 33.4 Å². The highest BCUT2D eigenvalue weighted by molar-refractivity contribution is 6.31. The molecule has 0 unspecified atom stereocenters. The highest BCUT2D eigenvalue weighted by Gasteiger charge is 2.48. The first kappa shape index (κ1) is 24.8. The van der Waals surface area contributed by atoms with Crippen LogP contribution in [0.2, 0.25) is 0 Å². The predicted molar refractivity (Wildman–Crippen MR) is 159 cm³/mol. The van der Waals surface area contributed by atoms with Crippen molar-refractivity contribution in [2.75, 3.05) is 0 Å². The Morgan fingerprint density at radius 3 is 1.44 bits per heavy atom. The summed E-state index contributed by atoms with van der Waals surface area (Å²) in [5.41, 5.74) is 3.27. The number of fused-ring (bicyclic) bond motifs is 5. The lowest BCUT2D eigenvalue weighted by atomic mass is 9.82. The monoisotopic (exact) mass is 562 g/mol. The van der Waals surface area contributed by atoms with Crippen LogP contribution in [0, 0.1) is 0 Å². The topological polar surface area (TPSA) is 106 Å². The van der Waals surface area contributed by atoms with E-state index in [1.165, 1.54) is 0 Å². The maximum atomic E-state index is 13.6. The van der Waals surface area contributed by atoms with Crippen molar-refractivity contribution >= 4 is 50.8 Å². The van der Waals surface area contributed by atoms with Gasteiger partial charge in [0.1, 0.15) is 11.4 Å². The van der Waals surface area contributed by atoms with E-state index in [-0.39, 0.29) is 46.7 Å². The number of nitrogens with zero attached hydrogens (tertiary/aromatic N) is 4. The molecule has 43 heavy (non-hydrogen) atoms. The van der Waals surface area contributed by atoms with Gasteiger partial charge in [-0.1, -0.05) is 81.9 Å². The van der Waals surface area contributed by atoms with E-state index in [1.807, 2.05) is 72.8 Å². The number of phenols is 2. The number of para-hydroxylation sites is 2. The van der Waals surface area contributed by atoms with Crippen molar-refractivity contribution in [3.8, 4) is 11.5 Å². The SMILES string of the molecule is O=C1c2ccccc2C(=O)c2c(O)c3c(c(O)c21)[N+](Cc1ccc2ccccc2n1)=C=[N+]3Cc1ccc2ccccc2n1. The fourth-order valence-corrected chi connectivity index (χ4v) is 5.99. The molecule has 0 spiro atoms. The quantitative estimate of drug-likeness (QED) is 0.206. The molecular formula is C35H22N4O4+2. The van der Waals surface area contributed by atoms with Crippen molar-refractivity contribution in [1.29, 1.82) is 0 Å². The van der Waals surface area contributed by atoms with Crippen LogP contribution < -0.4 is 0 Å². The summed E-state index contributed by atoms with van der Waals surface area (Å²) in [4.78, 5) is 36.8. The molecule has 1 aliphatic heterocycles. The lowest BCUT2D eigenvalue weighted by molar-refractivity contribution is -0.486. The van der Waals surface area contributed by atoms with Gasteiger partial charge in [0.2, 0.25) is 24.6 Å². The summed E-state index contributed by atoms with van der Waals surface area (Å²) in [5, 5.41) is 25.4. The summed E-state index contributed by atoms with van der Waals surface area (Å²) >= 11 is 0. The average Bonchev–Trinajstić information content (AvgIpc) is 3.39. The minimum absolute atomic E-state index is 0.174. The van der Waals surface area contributed by atoms with Gasteiger partial charge in [-0.05, 0) is 24.3 Å². The van der Waals surface area contributed by atoms with Crippen molar-refractivity contribution < 1.29 is 29.0 Å². The first-order valence-electron chi connectivity index (χ1n) is 13.8. The molecule has 8 rings (SSSR count). The van der Waals surface area contributed by atoms with Crippen molar-refractivity contribution in [2.24, 2.45) is 0 Å². The zero-order chi connectivity index (χ0) is 29.2. The number of ketones is 2. The van der Waals surface area contributed by atoms with Gasteiger partial charge < -0.3 is 10.2 Å². The molecule has 0 fully saturated rings. The smallest absolute Gasteiger partial charge is 0.490 e. The highest BCUT2D eigenvalue weighted by Crippen LogP contribution is 2.52. The van der Waals surface area contributed by atoms with Crippen LogP contribution in [0.15, 0.2) is 97.1 Å². The third-order valence-electron chi connectivity index (χ3n) is 8.00. The molecule has 1 aliphatic carbocycles. The molecule has 8 nitrogen and oxygen atoms in total. The van der Waals surface area contributed by atoms with Crippen molar-refractivity contribution in [3.63, 3.8) is 0 Å². The second-order valence-corrected chi connectivity index (χ2v) is 10.6. The van der Waals surface area contributed by atoms with Crippen LogP contribution in [-0.4, -0.2) is 46.9 Å². The van der Waals surface area contributed by atoms with Crippen LogP contribution in [0.4, 0.5) is 11.4 Å². The van der Waals surface area contributed by atoms with E-state index in [2.05, 4.69) is 6.01 Å². The van der Waals surface area contributed by atoms with Gasteiger partial charge in [-0.15, -0.1) is 0 Å². The second kappa shape index (κ2) is 9.27. The number of aromatic hydroxyl groups is 2. The van der Waals surface area contributed by atoms with Gasteiger partial charge in [0.25, 0.3) is 0 Å². The molecule has 3 heterocycles. The van der Waals surface area contributed by atoms with Gasteiger partial charge in [-0.2, -0.15) is 0 Å². The summed E-state index contributed by atoms with van der Waals surface area (Å²) in [7, 11) is 0. The zero-order valence-electron chi connectivity index (χ0n) is 22.7.